The van der Waals surface area contributed by atoms with Crippen LogP contribution >= 0.6 is 0 Å². The second-order valence-corrected chi connectivity index (χ2v) is 5.73. The molecule has 1 unspecified atom stereocenters. The first-order valence-corrected chi connectivity index (χ1v) is 8.23. The van der Waals surface area contributed by atoms with Crippen molar-refractivity contribution in [1.82, 2.24) is 10.2 Å². The zero-order valence-corrected chi connectivity index (χ0v) is 14.1. The lowest BCUT2D eigenvalue weighted by atomic mass is 10.1. The van der Waals surface area contributed by atoms with E-state index in [-0.39, 0.29) is 24.6 Å². The molecule has 136 valence electrons. The van der Waals surface area contributed by atoms with E-state index in [1.165, 1.54) is 18.2 Å². The van der Waals surface area contributed by atoms with Gasteiger partial charge in [0.1, 0.15) is 11.9 Å². The van der Waals surface area contributed by atoms with Crippen LogP contribution in [-0.4, -0.2) is 55.0 Å². The third kappa shape index (κ3) is 5.53. The summed E-state index contributed by atoms with van der Waals surface area (Å²) in [6.07, 6.45) is 0.566. The highest BCUT2D eigenvalue weighted by molar-refractivity contribution is 5.93. The fourth-order valence-corrected chi connectivity index (χ4v) is 2.54. The summed E-state index contributed by atoms with van der Waals surface area (Å²) >= 11 is 0. The van der Waals surface area contributed by atoms with Crippen LogP contribution in [0.4, 0.5) is 10.1 Å². The Balaban J connectivity index is 1.97. The number of piperazine rings is 1. The van der Waals surface area contributed by atoms with Crippen LogP contribution in [0.5, 0.6) is 0 Å². The Hall–Kier alpha value is -2.48. The Bertz CT molecular complexity index is 638. The van der Waals surface area contributed by atoms with Gasteiger partial charge in [0.15, 0.2) is 0 Å². The van der Waals surface area contributed by atoms with E-state index in [0.717, 1.165) is 0 Å². The number of carbonyl (C=O) groups is 3. The minimum absolute atomic E-state index is 0.0767. The molecule has 2 rings (SSSR count). The van der Waals surface area contributed by atoms with Gasteiger partial charge >= 0.3 is 5.97 Å². The minimum Gasteiger partial charge on any atom is -0.466 e. The molecule has 0 aromatic heterocycles. The van der Waals surface area contributed by atoms with Crippen molar-refractivity contribution in [3.63, 3.8) is 0 Å². The number of hydrogen-bond donors (Lipinski definition) is 2. The summed E-state index contributed by atoms with van der Waals surface area (Å²) in [7, 11) is 0. The average molecular weight is 351 g/mol. The molecule has 2 N–H and O–H groups in total. The molecule has 25 heavy (non-hydrogen) atoms. The lowest BCUT2D eigenvalue weighted by Crippen LogP contribution is -2.57. The summed E-state index contributed by atoms with van der Waals surface area (Å²) in [5.41, 5.74) is 0.0767. The Morgan fingerprint density at radius 1 is 1.40 bits per heavy atom. The Morgan fingerprint density at radius 3 is 2.88 bits per heavy atom. The lowest BCUT2D eigenvalue weighted by molar-refractivity contribution is -0.148. The van der Waals surface area contributed by atoms with Gasteiger partial charge in [-0.2, -0.15) is 0 Å². The van der Waals surface area contributed by atoms with E-state index in [1.807, 2.05) is 6.92 Å². The van der Waals surface area contributed by atoms with Crippen LogP contribution in [0, 0.1) is 5.82 Å². The van der Waals surface area contributed by atoms with Crippen molar-refractivity contribution in [2.24, 2.45) is 0 Å². The van der Waals surface area contributed by atoms with Crippen molar-refractivity contribution in [2.45, 2.75) is 25.8 Å². The molecule has 1 atom stereocenters. The smallest absolute Gasteiger partial charge is 0.307 e. The van der Waals surface area contributed by atoms with Crippen molar-refractivity contribution in [1.29, 1.82) is 0 Å². The first-order valence-electron chi connectivity index (χ1n) is 8.23. The molecule has 0 radical (unpaired) electrons. The summed E-state index contributed by atoms with van der Waals surface area (Å²) < 4.78 is 18.6. The normalized spacial score (nSPS) is 17.7. The highest BCUT2D eigenvalue weighted by atomic mass is 19.1. The summed E-state index contributed by atoms with van der Waals surface area (Å²) in [5.74, 6) is -1.79. The fourth-order valence-electron chi connectivity index (χ4n) is 2.54. The highest BCUT2D eigenvalue weighted by Crippen LogP contribution is 2.14. The van der Waals surface area contributed by atoms with E-state index >= 15 is 0 Å². The highest BCUT2D eigenvalue weighted by Gasteiger charge is 2.33. The predicted molar refractivity (Wildman–Crippen MR) is 89.3 cm³/mol. The number of ether oxygens (including phenoxy) is 1. The molecule has 1 aliphatic heterocycles. The molecule has 0 bridgehead atoms. The van der Waals surface area contributed by atoms with E-state index in [9.17, 15) is 18.8 Å². The molecular weight excluding hydrogens is 329 g/mol. The molecule has 1 fully saturated rings. The third-order valence-corrected chi connectivity index (χ3v) is 3.76. The fraction of sp³-hybridized carbons (Fsp3) is 0.471. The average Bonchev–Trinajstić information content (AvgIpc) is 2.58. The van der Waals surface area contributed by atoms with Crippen LogP contribution in [0.25, 0.3) is 0 Å². The molecular formula is C17H22FN3O4. The summed E-state index contributed by atoms with van der Waals surface area (Å²) in [4.78, 5) is 37.6. The predicted octanol–water partition coefficient (Wildman–Crippen LogP) is 0.908. The first kappa shape index (κ1) is 18.9. The SMILES string of the molecule is CCCOC(=O)CC1C(=O)NCCN1CC(=O)Nc1ccccc1F. The van der Waals surface area contributed by atoms with E-state index in [4.69, 9.17) is 4.74 Å². The molecule has 2 amide bonds. The van der Waals surface area contributed by atoms with E-state index < -0.39 is 23.7 Å². The molecule has 0 aliphatic carbocycles. The van der Waals surface area contributed by atoms with Crippen molar-refractivity contribution in [2.75, 3.05) is 31.6 Å². The Kier molecular flexibility index (Phi) is 6.88. The maximum atomic E-state index is 13.6. The van der Waals surface area contributed by atoms with Gasteiger partial charge in [-0.25, -0.2) is 4.39 Å². The number of carbonyl (C=O) groups excluding carboxylic acids is 3. The second kappa shape index (κ2) is 9.12. The standard InChI is InChI=1S/C17H22FN3O4/c1-2-9-25-16(23)10-14-17(24)19-7-8-21(14)11-15(22)20-13-6-4-3-5-12(13)18/h3-6,14H,2,7-11H2,1H3,(H,19,24)(H,20,22). The van der Waals surface area contributed by atoms with E-state index in [0.29, 0.717) is 26.1 Å². The first-order chi connectivity index (χ1) is 12.0. The van der Waals surface area contributed by atoms with Crippen LogP contribution in [0.1, 0.15) is 19.8 Å². The Morgan fingerprint density at radius 2 is 2.16 bits per heavy atom. The number of amides is 2. The van der Waals surface area contributed by atoms with E-state index in [1.54, 1.807) is 11.0 Å². The van der Waals surface area contributed by atoms with Gasteiger partial charge in [0.05, 0.1) is 25.3 Å². The van der Waals surface area contributed by atoms with E-state index in [2.05, 4.69) is 10.6 Å². The molecule has 7 nitrogen and oxygen atoms in total. The maximum absolute atomic E-state index is 13.6. The molecule has 1 saturated heterocycles. The van der Waals surface area contributed by atoms with Crippen molar-refractivity contribution in [3.05, 3.63) is 30.1 Å². The van der Waals surface area contributed by atoms with Crippen LogP contribution in [0.3, 0.4) is 0 Å². The molecule has 8 heteroatoms. The van der Waals surface area contributed by atoms with Gasteiger partial charge in [-0.05, 0) is 18.6 Å². The van der Waals surface area contributed by atoms with Gasteiger partial charge in [0, 0.05) is 13.1 Å². The van der Waals surface area contributed by atoms with Gasteiger partial charge in [-0.15, -0.1) is 0 Å². The zero-order chi connectivity index (χ0) is 18.2. The number of para-hydroxylation sites is 1. The van der Waals surface area contributed by atoms with Crippen LogP contribution in [0.2, 0.25) is 0 Å². The maximum Gasteiger partial charge on any atom is 0.307 e. The molecule has 1 heterocycles. The number of nitrogens with one attached hydrogen (secondary N) is 2. The minimum atomic E-state index is -0.774. The van der Waals surface area contributed by atoms with Crippen LogP contribution in [-0.2, 0) is 19.1 Å². The Labute approximate surface area is 145 Å². The molecule has 0 saturated carbocycles. The zero-order valence-electron chi connectivity index (χ0n) is 14.1. The number of anilines is 1. The summed E-state index contributed by atoms with van der Waals surface area (Å²) in [5, 5.41) is 5.15. The third-order valence-electron chi connectivity index (χ3n) is 3.76. The molecule has 1 aliphatic rings. The number of benzene rings is 1. The van der Waals surface area contributed by atoms with Gasteiger partial charge in [-0.3, -0.25) is 19.3 Å². The van der Waals surface area contributed by atoms with Crippen molar-refractivity contribution < 1.29 is 23.5 Å². The second-order valence-electron chi connectivity index (χ2n) is 5.73. The number of rotatable bonds is 7. The van der Waals surface area contributed by atoms with Crippen molar-refractivity contribution >= 4 is 23.5 Å². The number of nitrogens with zero attached hydrogens (tertiary/aromatic N) is 1. The van der Waals surface area contributed by atoms with Gasteiger partial charge in [0.2, 0.25) is 11.8 Å². The van der Waals surface area contributed by atoms with Crippen LogP contribution in [0.15, 0.2) is 24.3 Å². The van der Waals surface area contributed by atoms with Gasteiger partial charge in [0.25, 0.3) is 0 Å². The monoisotopic (exact) mass is 351 g/mol. The topological polar surface area (TPSA) is 87.7 Å². The number of hydrogen-bond acceptors (Lipinski definition) is 5. The largest absolute Gasteiger partial charge is 0.466 e. The van der Waals surface area contributed by atoms with Gasteiger partial charge in [-0.1, -0.05) is 19.1 Å². The lowest BCUT2D eigenvalue weighted by Gasteiger charge is -2.33. The summed E-state index contributed by atoms with van der Waals surface area (Å²) in [6.45, 7) is 2.85. The number of esters is 1. The summed E-state index contributed by atoms with van der Waals surface area (Å²) in [6, 6.07) is 5.06. The number of halogens is 1. The van der Waals surface area contributed by atoms with Gasteiger partial charge < -0.3 is 15.4 Å². The molecule has 1 aromatic carbocycles. The molecule has 0 spiro atoms. The van der Waals surface area contributed by atoms with Crippen LogP contribution < -0.4 is 10.6 Å². The quantitative estimate of drug-likeness (QED) is 0.713. The van der Waals surface area contributed by atoms with Crippen molar-refractivity contribution in [3.8, 4) is 0 Å². The molecule has 1 aromatic rings.